The number of alkyl carbamates (subject to hydrolysis) is 2. The molecule has 0 saturated carbocycles. The molecule has 0 radical (unpaired) electrons. The first-order chi connectivity index (χ1) is 26.6. The molecular weight excluding hydrogens is 765 g/mol. The highest BCUT2D eigenvalue weighted by Gasteiger charge is 2.43. The zero-order valence-electron chi connectivity index (χ0n) is 33.4. The molecule has 18 nitrogen and oxygen atoms in total. The summed E-state index contributed by atoms with van der Waals surface area (Å²) in [5.74, 6) is -2.29. The number of likely N-dealkylation sites (tertiary alicyclic amines) is 2. The molecule has 19 heteroatoms. The number of amides is 6. The Morgan fingerprint density at radius 3 is 1.35 bits per heavy atom. The first-order valence-corrected chi connectivity index (χ1v) is 19.7. The van der Waals surface area contributed by atoms with Gasteiger partial charge in [0.1, 0.15) is 35.7 Å². The van der Waals surface area contributed by atoms with Crippen LogP contribution in [0.25, 0.3) is 0 Å². The Morgan fingerprint density at radius 1 is 0.649 bits per heavy atom. The van der Waals surface area contributed by atoms with Gasteiger partial charge in [-0.15, -0.1) is 8.42 Å². The van der Waals surface area contributed by atoms with Crippen molar-refractivity contribution in [2.75, 3.05) is 37.9 Å². The predicted molar refractivity (Wildman–Crippen MR) is 207 cm³/mol. The normalized spacial score (nSPS) is 18.1. The van der Waals surface area contributed by atoms with Crippen LogP contribution in [0.3, 0.4) is 0 Å². The minimum atomic E-state index is -4.74. The lowest BCUT2D eigenvalue weighted by Crippen LogP contribution is -2.57. The second-order valence-electron chi connectivity index (χ2n) is 15.9. The Balaban J connectivity index is 1.39. The van der Waals surface area contributed by atoms with E-state index >= 15 is 0 Å². The molecule has 0 spiro atoms. The van der Waals surface area contributed by atoms with E-state index in [0.717, 1.165) is 0 Å². The van der Waals surface area contributed by atoms with Crippen LogP contribution >= 0.6 is 0 Å². The second-order valence-corrected chi connectivity index (χ2v) is 17.0. The highest BCUT2D eigenvalue weighted by Crippen LogP contribution is 2.30. The van der Waals surface area contributed by atoms with Crippen molar-refractivity contribution in [1.82, 2.24) is 20.4 Å². The van der Waals surface area contributed by atoms with Gasteiger partial charge in [0.05, 0.1) is 14.2 Å². The Kier molecular flexibility index (Phi) is 14.0. The molecule has 4 rings (SSSR count). The van der Waals surface area contributed by atoms with E-state index in [1.807, 2.05) is 0 Å². The largest absolute Gasteiger partial charge is 0.500 e. The average Bonchev–Trinajstić information content (AvgIpc) is 3.82. The molecule has 312 valence electrons. The molecule has 2 aliphatic rings. The van der Waals surface area contributed by atoms with Gasteiger partial charge < -0.3 is 48.9 Å². The fourth-order valence-corrected chi connectivity index (χ4v) is 7.26. The monoisotopic (exact) mass is 816 g/mol. The number of carbonyl (C=O) groups is 6. The summed E-state index contributed by atoms with van der Waals surface area (Å²) in [5, 5.41) is 10.5. The van der Waals surface area contributed by atoms with Crippen molar-refractivity contribution in [3.8, 4) is 11.5 Å². The molecule has 0 aliphatic carbocycles. The van der Waals surface area contributed by atoms with Crippen LogP contribution < -0.4 is 29.6 Å². The summed E-state index contributed by atoms with van der Waals surface area (Å²) < 4.78 is 45.7. The molecule has 2 aliphatic heterocycles. The first kappa shape index (κ1) is 44.1. The number of hydrogen-bond acceptors (Lipinski definition) is 12. The van der Waals surface area contributed by atoms with Crippen molar-refractivity contribution in [2.45, 2.75) is 91.4 Å². The summed E-state index contributed by atoms with van der Waals surface area (Å²) >= 11 is 0. The maximum Gasteiger partial charge on any atom is 0.500 e. The molecule has 2 aromatic rings. The van der Waals surface area contributed by atoms with Gasteiger partial charge in [-0.05, 0) is 60.8 Å². The van der Waals surface area contributed by atoms with Gasteiger partial charge in [0, 0.05) is 36.6 Å². The number of ether oxygens (including phenoxy) is 2. The lowest BCUT2D eigenvalue weighted by molar-refractivity contribution is -0.140. The third-order valence-electron chi connectivity index (χ3n) is 9.40. The van der Waals surface area contributed by atoms with Crippen LogP contribution in [0.5, 0.6) is 11.5 Å². The fraction of sp³-hybridized carbons (Fsp3) is 0.526. The Bertz CT molecular complexity index is 1810. The fourth-order valence-electron chi connectivity index (χ4n) is 6.54. The zero-order chi connectivity index (χ0) is 42.3. The molecule has 2 heterocycles. The minimum absolute atomic E-state index is 0.186. The number of benzene rings is 2. The number of nitrogens with zero attached hydrogens (tertiary/aromatic N) is 2. The first-order valence-electron chi connectivity index (χ1n) is 18.4. The van der Waals surface area contributed by atoms with Crippen molar-refractivity contribution in [3.05, 3.63) is 48.5 Å². The SMILES string of the molecule is COC(=O)N[C@H](C(=O)N1CCC[C@H]1C(=O)Nc1cccc(OS(=O)(=O)Oc2cccc(NC(=O)[C@@H]3CCCN3C(=O)[C@@H](NC(=O)OC)C(C)(C)C)c2)c1)C(C)(C)C. The molecule has 6 amide bonds. The van der Waals surface area contributed by atoms with Gasteiger partial charge in [-0.2, -0.15) is 0 Å². The standard InChI is InChI=1S/C38H52N6O12S/c1-37(2,3)29(41-35(49)53-7)33(47)43-19-11-17-27(43)31(45)39-23-13-9-15-25(21-23)55-57(51,52)56-26-16-10-14-24(22-26)40-32(46)28-18-12-20-44(28)34(48)30(38(4,5)6)42-36(50)54-8/h9-10,13-16,21-22,27-30H,11-12,17-20H2,1-8H3,(H,39,45)(H,40,46)(H,41,49)(H,42,50)/t27-,28-,29+,30+/m0/s1. The van der Waals surface area contributed by atoms with Gasteiger partial charge in [0.15, 0.2) is 0 Å². The number of nitrogens with one attached hydrogen (secondary N) is 4. The third-order valence-corrected chi connectivity index (χ3v) is 10.2. The molecule has 0 bridgehead atoms. The zero-order valence-corrected chi connectivity index (χ0v) is 34.2. The molecule has 2 fully saturated rings. The van der Waals surface area contributed by atoms with Gasteiger partial charge in [-0.25, -0.2) is 9.59 Å². The summed E-state index contributed by atoms with van der Waals surface area (Å²) in [4.78, 5) is 80.7. The topological polar surface area (TPSA) is 228 Å². The number of rotatable bonds is 12. The molecule has 2 aromatic carbocycles. The summed E-state index contributed by atoms with van der Waals surface area (Å²) in [7, 11) is -2.36. The van der Waals surface area contributed by atoms with Gasteiger partial charge in [0.25, 0.3) is 0 Å². The number of hydrogen-bond donors (Lipinski definition) is 4. The van der Waals surface area contributed by atoms with E-state index in [-0.39, 0.29) is 22.9 Å². The Morgan fingerprint density at radius 2 is 1.02 bits per heavy atom. The van der Waals surface area contributed by atoms with Gasteiger partial charge in [-0.1, -0.05) is 53.7 Å². The van der Waals surface area contributed by atoms with E-state index < -0.39 is 81.2 Å². The lowest BCUT2D eigenvalue weighted by atomic mass is 9.85. The van der Waals surface area contributed by atoms with Crippen molar-refractivity contribution in [3.63, 3.8) is 0 Å². The highest BCUT2D eigenvalue weighted by molar-refractivity contribution is 7.82. The highest BCUT2D eigenvalue weighted by atomic mass is 32.3. The lowest BCUT2D eigenvalue weighted by Gasteiger charge is -2.35. The number of methoxy groups -OCH3 is 2. The van der Waals surface area contributed by atoms with E-state index in [9.17, 15) is 37.2 Å². The Labute approximate surface area is 332 Å². The van der Waals surface area contributed by atoms with E-state index in [1.54, 1.807) is 41.5 Å². The van der Waals surface area contributed by atoms with Crippen molar-refractivity contribution in [2.24, 2.45) is 10.8 Å². The van der Waals surface area contributed by atoms with Crippen LogP contribution in [0.1, 0.15) is 67.2 Å². The third kappa shape index (κ3) is 11.7. The van der Waals surface area contributed by atoms with E-state index in [1.165, 1.54) is 72.6 Å². The molecule has 2 saturated heterocycles. The van der Waals surface area contributed by atoms with E-state index in [2.05, 4.69) is 21.3 Å². The van der Waals surface area contributed by atoms with Crippen LogP contribution in [0.4, 0.5) is 21.0 Å². The molecule has 0 unspecified atom stereocenters. The van der Waals surface area contributed by atoms with Crippen molar-refractivity contribution in [1.29, 1.82) is 0 Å². The van der Waals surface area contributed by atoms with Crippen LogP contribution in [-0.4, -0.2) is 106 Å². The van der Waals surface area contributed by atoms with E-state index in [0.29, 0.717) is 38.8 Å². The van der Waals surface area contributed by atoms with Gasteiger partial charge in [0.2, 0.25) is 23.6 Å². The van der Waals surface area contributed by atoms with Crippen LogP contribution in [0.2, 0.25) is 0 Å². The molecule has 57 heavy (non-hydrogen) atoms. The summed E-state index contributed by atoms with van der Waals surface area (Å²) in [6.07, 6.45) is 0.288. The maximum atomic E-state index is 13.6. The number of anilines is 2. The second kappa shape index (κ2) is 18.1. The summed E-state index contributed by atoms with van der Waals surface area (Å²) in [5.41, 5.74) is -1.01. The molecule has 4 N–H and O–H groups in total. The van der Waals surface area contributed by atoms with Gasteiger partial charge >= 0.3 is 22.6 Å². The van der Waals surface area contributed by atoms with Crippen molar-refractivity contribution < 1.29 is 55.0 Å². The smallest absolute Gasteiger partial charge is 0.453 e. The Hall–Kier alpha value is -5.59. The van der Waals surface area contributed by atoms with Crippen LogP contribution in [0.15, 0.2) is 48.5 Å². The minimum Gasteiger partial charge on any atom is -0.453 e. The average molecular weight is 817 g/mol. The van der Waals surface area contributed by atoms with Gasteiger partial charge in [-0.3, -0.25) is 19.2 Å². The predicted octanol–water partition coefficient (Wildman–Crippen LogP) is 3.79. The molecular formula is C38H52N6O12S. The molecule has 4 atom stereocenters. The maximum absolute atomic E-state index is 13.6. The quantitative estimate of drug-likeness (QED) is 0.240. The van der Waals surface area contributed by atoms with Crippen LogP contribution in [0, 0.1) is 10.8 Å². The number of carbonyl (C=O) groups excluding carboxylic acids is 6. The molecule has 0 aromatic heterocycles. The summed E-state index contributed by atoms with van der Waals surface area (Å²) in [6, 6.07) is 7.52. The summed E-state index contributed by atoms with van der Waals surface area (Å²) in [6.45, 7) is 11.3. The van der Waals surface area contributed by atoms with Crippen LogP contribution in [-0.2, 0) is 39.1 Å². The van der Waals surface area contributed by atoms with Crippen molar-refractivity contribution >= 4 is 57.6 Å². The van der Waals surface area contributed by atoms with E-state index in [4.69, 9.17) is 17.8 Å².